The number of para-hydroxylation sites is 1. The first-order valence-corrected chi connectivity index (χ1v) is 7.39. The summed E-state index contributed by atoms with van der Waals surface area (Å²) in [6, 6.07) is 20.8. The molecule has 0 amide bonds. The monoisotopic (exact) mass is 308 g/mol. The largest absolute Gasteiger partial charge is 0.276 e. The van der Waals surface area contributed by atoms with Crippen LogP contribution in [-0.4, -0.2) is 0 Å². The number of hydrazine groups is 1. The first kappa shape index (κ1) is 13.8. The minimum Gasteiger partial charge on any atom is -0.276 e. The summed E-state index contributed by atoms with van der Waals surface area (Å²) in [6.45, 7) is 0.636. The maximum absolute atomic E-state index is 13.6. The van der Waals surface area contributed by atoms with E-state index >= 15 is 0 Å². The van der Waals surface area contributed by atoms with Gasteiger partial charge in [-0.05, 0) is 54.1 Å². The summed E-state index contributed by atoms with van der Waals surface area (Å²) in [5.41, 5.74) is 3.75. The van der Waals surface area contributed by atoms with Gasteiger partial charge >= 0.3 is 0 Å². The number of anilines is 3. The van der Waals surface area contributed by atoms with Gasteiger partial charge in [-0.15, -0.1) is 0 Å². The molecule has 1 heterocycles. The van der Waals surface area contributed by atoms with E-state index in [9.17, 15) is 8.78 Å². The summed E-state index contributed by atoms with van der Waals surface area (Å²) in [7, 11) is 0. The van der Waals surface area contributed by atoms with Gasteiger partial charge in [-0.25, -0.2) is 8.78 Å². The number of hydrogen-bond acceptors (Lipinski definition) is 2. The van der Waals surface area contributed by atoms with Crippen molar-refractivity contribution in [2.45, 2.75) is 6.54 Å². The molecule has 2 nitrogen and oxygen atoms in total. The van der Waals surface area contributed by atoms with E-state index in [2.05, 4.69) is 0 Å². The molecule has 0 N–H and O–H groups in total. The Kier molecular flexibility index (Phi) is 3.23. The highest BCUT2D eigenvalue weighted by Crippen LogP contribution is 2.40. The molecule has 4 rings (SSSR count). The zero-order valence-corrected chi connectivity index (χ0v) is 12.3. The minimum atomic E-state index is -0.280. The molecule has 1 aliphatic rings. The molecule has 0 saturated heterocycles. The van der Waals surface area contributed by atoms with E-state index in [0.29, 0.717) is 6.54 Å². The second-order valence-electron chi connectivity index (χ2n) is 5.45. The molecule has 3 aromatic carbocycles. The molecule has 4 heteroatoms. The average molecular weight is 308 g/mol. The molecule has 0 aliphatic carbocycles. The van der Waals surface area contributed by atoms with Crippen molar-refractivity contribution in [2.24, 2.45) is 0 Å². The van der Waals surface area contributed by atoms with Crippen molar-refractivity contribution >= 4 is 17.1 Å². The molecule has 1 aliphatic heterocycles. The Morgan fingerprint density at radius 3 is 2.26 bits per heavy atom. The molecule has 0 radical (unpaired) electrons. The molecule has 0 fully saturated rings. The number of benzene rings is 3. The van der Waals surface area contributed by atoms with Crippen LogP contribution in [-0.2, 0) is 6.54 Å². The van der Waals surface area contributed by atoms with Crippen molar-refractivity contribution in [3.8, 4) is 0 Å². The number of fused-ring (bicyclic) bond motifs is 1. The third-order valence-corrected chi connectivity index (χ3v) is 3.96. The summed E-state index contributed by atoms with van der Waals surface area (Å²) in [4.78, 5) is 0. The molecule has 114 valence electrons. The summed E-state index contributed by atoms with van der Waals surface area (Å²) in [6.07, 6.45) is 0. The normalized spacial score (nSPS) is 13.3. The van der Waals surface area contributed by atoms with Crippen LogP contribution in [0.5, 0.6) is 0 Å². The van der Waals surface area contributed by atoms with Crippen molar-refractivity contribution in [1.82, 2.24) is 0 Å². The van der Waals surface area contributed by atoms with Crippen LogP contribution in [0, 0.1) is 11.6 Å². The van der Waals surface area contributed by atoms with Crippen molar-refractivity contribution in [3.05, 3.63) is 90.0 Å². The zero-order valence-electron chi connectivity index (χ0n) is 12.3. The maximum Gasteiger partial charge on any atom is 0.125 e. The number of halogens is 2. The topological polar surface area (TPSA) is 6.48 Å². The van der Waals surface area contributed by atoms with E-state index in [1.54, 1.807) is 18.2 Å². The number of hydrogen-bond donors (Lipinski definition) is 0. The van der Waals surface area contributed by atoms with Crippen molar-refractivity contribution < 1.29 is 8.78 Å². The van der Waals surface area contributed by atoms with Crippen LogP contribution in [0.2, 0.25) is 0 Å². The van der Waals surface area contributed by atoms with Gasteiger partial charge in [0.1, 0.15) is 11.6 Å². The van der Waals surface area contributed by atoms with E-state index < -0.39 is 0 Å². The van der Waals surface area contributed by atoms with E-state index in [1.807, 2.05) is 40.3 Å². The molecule has 0 aromatic heterocycles. The first-order chi connectivity index (χ1) is 11.2. The smallest absolute Gasteiger partial charge is 0.125 e. The molecule has 0 atom stereocenters. The molecular formula is C19H14F2N2. The Hall–Kier alpha value is -2.88. The Bertz CT molecular complexity index is 846. The summed E-state index contributed by atoms with van der Waals surface area (Å²) >= 11 is 0. The van der Waals surface area contributed by atoms with Gasteiger partial charge in [-0.1, -0.05) is 24.3 Å². The third-order valence-electron chi connectivity index (χ3n) is 3.96. The average Bonchev–Trinajstić information content (AvgIpc) is 2.95. The summed E-state index contributed by atoms with van der Waals surface area (Å²) in [5, 5.41) is 3.98. The molecule has 3 aromatic rings. The highest BCUT2D eigenvalue weighted by Gasteiger charge is 2.28. The predicted octanol–water partition coefficient (Wildman–Crippen LogP) is 5.04. The lowest BCUT2D eigenvalue weighted by atomic mass is 10.2. The highest BCUT2D eigenvalue weighted by atomic mass is 19.1. The minimum absolute atomic E-state index is 0.279. The lowest BCUT2D eigenvalue weighted by Crippen LogP contribution is -2.33. The van der Waals surface area contributed by atoms with Crippen molar-refractivity contribution in [2.75, 3.05) is 10.0 Å². The van der Waals surface area contributed by atoms with Crippen LogP contribution in [0.4, 0.5) is 25.8 Å². The predicted molar refractivity (Wildman–Crippen MR) is 87.6 cm³/mol. The second kappa shape index (κ2) is 5.39. The molecular weight excluding hydrogens is 294 g/mol. The first-order valence-electron chi connectivity index (χ1n) is 7.39. The Morgan fingerprint density at radius 1 is 0.696 bits per heavy atom. The summed E-state index contributed by atoms with van der Waals surface area (Å²) < 4.78 is 26.9. The Morgan fingerprint density at radius 2 is 1.48 bits per heavy atom. The second-order valence-corrected chi connectivity index (χ2v) is 5.45. The lowest BCUT2D eigenvalue weighted by molar-refractivity contribution is 0.626. The fourth-order valence-electron chi connectivity index (χ4n) is 2.92. The van der Waals surface area contributed by atoms with E-state index in [0.717, 1.165) is 22.6 Å². The fourth-order valence-corrected chi connectivity index (χ4v) is 2.92. The van der Waals surface area contributed by atoms with E-state index in [1.165, 1.54) is 24.3 Å². The van der Waals surface area contributed by atoms with E-state index in [-0.39, 0.29) is 11.6 Å². The highest BCUT2D eigenvalue weighted by molar-refractivity contribution is 5.76. The van der Waals surface area contributed by atoms with Gasteiger partial charge in [-0.2, -0.15) is 0 Å². The van der Waals surface area contributed by atoms with Crippen molar-refractivity contribution in [1.29, 1.82) is 0 Å². The quantitative estimate of drug-likeness (QED) is 0.654. The van der Waals surface area contributed by atoms with Gasteiger partial charge < -0.3 is 0 Å². The van der Waals surface area contributed by atoms with Gasteiger partial charge in [-0.3, -0.25) is 10.0 Å². The van der Waals surface area contributed by atoms with Gasteiger partial charge in [0.2, 0.25) is 0 Å². The van der Waals surface area contributed by atoms with Gasteiger partial charge in [0, 0.05) is 0 Å². The SMILES string of the molecule is Fc1ccc(N2c3ccccc3CN2c2cccc(F)c2)cc1. The maximum atomic E-state index is 13.6. The lowest BCUT2D eigenvalue weighted by Gasteiger charge is -2.32. The van der Waals surface area contributed by atoms with Crippen LogP contribution in [0.1, 0.15) is 5.56 Å². The fraction of sp³-hybridized carbons (Fsp3) is 0.0526. The summed E-state index contributed by atoms with van der Waals surface area (Å²) in [5.74, 6) is -0.559. The Labute approximate surface area is 133 Å². The van der Waals surface area contributed by atoms with Gasteiger partial charge in [0.05, 0.1) is 23.6 Å². The standard InChI is InChI=1S/C19H14F2N2/c20-15-8-10-17(11-9-15)23-19-7-2-1-4-14(19)13-22(23)18-6-3-5-16(21)12-18/h1-12H,13H2. The van der Waals surface area contributed by atoms with Crippen LogP contribution in [0.25, 0.3) is 0 Å². The molecule has 0 spiro atoms. The van der Waals surface area contributed by atoms with Gasteiger partial charge in [0.25, 0.3) is 0 Å². The Balaban J connectivity index is 1.84. The molecule has 0 bridgehead atoms. The van der Waals surface area contributed by atoms with Crippen LogP contribution >= 0.6 is 0 Å². The zero-order chi connectivity index (χ0) is 15.8. The molecule has 0 saturated carbocycles. The van der Waals surface area contributed by atoms with E-state index in [4.69, 9.17) is 0 Å². The third kappa shape index (κ3) is 2.42. The van der Waals surface area contributed by atoms with Crippen LogP contribution in [0.3, 0.4) is 0 Å². The number of nitrogens with zero attached hydrogens (tertiary/aromatic N) is 2. The molecule has 23 heavy (non-hydrogen) atoms. The number of rotatable bonds is 2. The van der Waals surface area contributed by atoms with Crippen molar-refractivity contribution in [3.63, 3.8) is 0 Å². The van der Waals surface area contributed by atoms with Gasteiger partial charge in [0.15, 0.2) is 0 Å². The van der Waals surface area contributed by atoms with Crippen LogP contribution in [0.15, 0.2) is 72.8 Å². The molecule has 0 unspecified atom stereocenters. The van der Waals surface area contributed by atoms with Crippen LogP contribution < -0.4 is 10.0 Å².